The Kier molecular flexibility index (Phi) is 3.92. The molecular formula is C8H12F5NO2. The van der Waals surface area contributed by atoms with Crippen LogP contribution in [0.25, 0.3) is 0 Å². The van der Waals surface area contributed by atoms with E-state index in [1.54, 1.807) is 0 Å². The summed E-state index contributed by atoms with van der Waals surface area (Å²) in [4.78, 5) is 10.7. The molecule has 0 saturated heterocycles. The maximum Gasteiger partial charge on any atom is 0.463 e. The molecule has 0 spiro atoms. The number of alkyl halides is 5. The predicted octanol–water partition coefficient (Wildman–Crippen LogP) is 1.46. The molecule has 8 heteroatoms. The minimum Gasteiger partial charge on any atom is -0.391 e. The molecule has 0 fully saturated rings. The number of aliphatic hydroxyl groups excluding tert-OH is 1. The summed E-state index contributed by atoms with van der Waals surface area (Å²) in [6, 6.07) is 0. The normalized spacial score (nSPS) is 15.8. The van der Waals surface area contributed by atoms with Crippen molar-refractivity contribution in [3.05, 3.63) is 0 Å². The van der Waals surface area contributed by atoms with Crippen molar-refractivity contribution in [3.8, 4) is 0 Å². The van der Waals surface area contributed by atoms with Gasteiger partial charge >= 0.3 is 18.0 Å². The number of hydrogen-bond acceptors (Lipinski definition) is 2. The zero-order valence-electron chi connectivity index (χ0n) is 8.82. The Balaban J connectivity index is 4.86. The van der Waals surface area contributed by atoms with Gasteiger partial charge < -0.3 is 10.4 Å². The Morgan fingerprint density at radius 2 is 1.56 bits per heavy atom. The molecule has 1 unspecified atom stereocenters. The first-order valence-corrected chi connectivity index (χ1v) is 4.27. The second-order valence-corrected chi connectivity index (χ2v) is 3.92. The average molecular weight is 249 g/mol. The lowest BCUT2D eigenvalue weighted by atomic mass is 9.98. The quantitative estimate of drug-likeness (QED) is 0.744. The summed E-state index contributed by atoms with van der Waals surface area (Å²) in [6.45, 7) is 3.41. The summed E-state index contributed by atoms with van der Waals surface area (Å²) < 4.78 is 60.4. The van der Waals surface area contributed by atoms with Crippen LogP contribution in [-0.4, -0.2) is 34.8 Å². The number of amides is 1. The number of aliphatic hydroxyl groups is 1. The fourth-order valence-electron chi connectivity index (χ4n) is 0.604. The number of carbonyl (C=O) groups is 1. The van der Waals surface area contributed by atoms with Gasteiger partial charge in [0.05, 0.1) is 11.6 Å². The molecule has 3 nitrogen and oxygen atoms in total. The highest BCUT2D eigenvalue weighted by Crippen LogP contribution is 2.35. The molecule has 0 bridgehead atoms. The summed E-state index contributed by atoms with van der Waals surface area (Å²) in [5.41, 5.74) is -1.58. The standard InChI is InChI=1S/C8H12F5NO2/c1-4(15)6(2,3)14-5(16)7(9,10)8(11,12)13/h4,15H,1-3H3,(H,14,16). The van der Waals surface area contributed by atoms with Gasteiger partial charge in [0.2, 0.25) is 0 Å². The highest BCUT2D eigenvalue weighted by molar-refractivity contribution is 5.85. The Morgan fingerprint density at radius 1 is 1.19 bits per heavy atom. The molecule has 16 heavy (non-hydrogen) atoms. The van der Waals surface area contributed by atoms with Crippen LogP contribution >= 0.6 is 0 Å². The van der Waals surface area contributed by atoms with Crippen LogP contribution in [0.1, 0.15) is 20.8 Å². The second-order valence-electron chi connectivity index (χ2n) is 3.92. The van der Waals surface area contributed by atoms with Crippen molar-refractivity contribution in [1.29, 1.82) is 0 Å². The Hall–Kier alpha value is -0.920. The average Bonchev–Trinajstić information content (AvgIpc) is 2.00. The highest BCUT2D eigenvalue weighted by Gasteiger charge is 2.64. The molecule has 0 rings (SSSR count). The van der Waals surface area contributed by atoms with E-state index in [1.165, 1.54) is 5.32 Å². The van der Waals surface area contributed by atoms with E-state index in [1.807, 2.05) is 0 Å². The van der Waals surface area contributed by atoms with Crippen molar-refractivity contribution < 1.29 is 31.9 Å². The minimum absolute atomic E-state index is 1.13. The zero-order valence-corrected chi connectivity index (χ0v) is 8.82. The first-order chi connectivity index (χ1) is 6.82. The number of nitrogens with one attached hydrogen (secondary N) is 1. The van der Waals surface area contributed by atoms with E-state index in [4.69, 9.17) is 5.11 Å². The molecular weight excluding hydrogens is 237 g/mol. The molecule has 0 radical (unpaired) electrons. The van der Waals surface area contributed by atoms with Gasteiger partial charge in [0.15, 0.2) is 0 Å². The molecule has 0 aromatic carbocycles. The molecule has 0 heterocycles. The van der Waals surface area contributed by atoms with Crippen LogP contribution in [-0.2, 0) is 4.79 Å². The summed E-state index contributed by atoms with van der Waals surface area (Å²) in [7, 11) is 0. The Morgan fingerprint density at radius 3 is 1.81 bits per heavy atom. The van der Waals surface area contributed by atoms with Crippen LogP contribution in [0.5, 0.6) is 0 Å². The molecule has 1 amide bonds. The summed E-state index contributed by atoms with van der Waals surface area (Å²) in [5, 5.41) is 10.5. The van der Waals surface area contributed by atoms with Crippen molar-refractivity contribution in [3.63, 3.8) is 0 Å². The molecule has 0 saturated carbocycles. The van der Waals surface area contributed by atoms with Crippen LogP contribution in [0.2, 0.25) is 0 Å². The number of hydrogen-bond donors (Lipinski definition) is 2. The molecule has 0 aliphatic heterocycles. The van der Waals surface area contributed by atoms with Crippen LogP contribution in [0.3, 0.4) is 0 Å². The van der Waals surface area contributed by atoms with Crippen molar-refractivity contribution in [2.45, 2.75) is 44.5 Å². The lowest BCUT2D eigenvalue weighted by Gasteiger charge is -2.31. The van der Waals surface area contributed by atoms with Crippen LogP contribution in [0.15, 0.2) is 0 Å². The fraction of sp³-hybridized carbons (Fsp3) is 0.875. The van der Waals surface area contributed by atoms with Gasteiger partial charge in [0.1, 0.15) is 0 Å². The van der Waals surface area contributed by atoms with E-state index in [0.717, 1.165) is 20.8 Å². The van der Waals surface area contributed by atoms with Crippen molar-refractivity contribution in [2.75, 3.05) is 0 Å². The first-order valence-electron chi connectivity index (χ1n) is 4.27. The molecule has 0 aliphatic rings. The summed E-state index contributed by atoms with van der Waals surface area (Å²) in [6.07, 6.45) is -7.23. The summed E-state index contributed by atoms with van der Waals surface area (Å²) in [5.74, 6) is -7.95. The third-order valence-corrected chi connectivity index (χ3v) is 2.12. The monoisotopic (exact) mass is 249 g/mol. The lowest BCUT2D eigenvalue weighted by molar-refractivity contribution is -0.270. The van der Waals surface area contributed by atoms with Crippen molar-refractivity contribution in [1.82, 2.24) is 5.32 Å². The molecule has 0 aromatic heterocycles. The first kappa shape index (κ1) is 15.1. The van der Waals surface area contributed by atoms with Gasteiger partial charge in [0.25, 0.3) is 0 Å². The van der Waals surface area contributed by atoms with Gasteiger partial charge in [-0.1, -0.05) is 0 Å². The van der Waals surface area contributed by atoms with Gasteiger partial charge in [-0.2, -0.15) is 22.0 Å². The molecule has 96 valence electrons. The number of halogens is 5. The van der Waals surface area contributed by atoms with Crippen LogP contribution in [0, 0.1) is 0 Å². The Bertz CT molecular complexity index is 272. The Labute approximate surface area is 88.6 Å². The van der Waals surface area contributed by atoms with E-state index in [2.05, 4.69) is 0 Å². The molecule has 2 N–H and O–H groups in total. The smallest absolute Gasteiger partial charge is 0.391 e. The molecule has 1 atom stereocenters. The topological polar surface area (TPSA) is 49.3 Å². The number of rotatable bonds is 3. The SMILES string of the molecule is CC(O)C(C)(C)NC(=O)C(F)(F)C(F)(F)F. The summed E-state index contributed by atoms with van der Waals surface area (Å²) >= 11 is 0. The minimum atomic E-state index is -5.95. The van der Waals surface area contributed by atoms with Crippen molar-refractivity contribution >= 4 is 5.91 Å². The van der Waals surface area contributed by atoms with Gasteiger partial charge in [-0.15, -0.1) is 0 Å². The largest absolute Gasteiger partial charge is 0.463 e. The predicted molar refractivity (Wildman–Crippen MR) is 44.9 cm³/mol. The van der Waals surface area contributed by atoms with Crippen molar-refractivity contribution in [2.24, 2.45) is 0 Å². The lowest BCUT2D eigenvalue weighted by Crippen LogP contribution is -2.59. The van der Waals surface area contributed by atoms with Crippen LogP contribution < -0.4 is 5.32 Å². The van der Waals surface area contributed by atoms with E-state index in [-0.39, 0.29) is 0 Å². The zero-order chi connectivity index (χ0) is 13.4. The van der Waals surface area contributed by atoms with Gasteiger partial charge in [-0.3, -0.25) is 4.79 Å². The molecule has 0 aromatic rings. The van der Waals surface area contributed by atoms with Gasteiger partial charge in [-0.25, -0.2) is 0 Å². The van der Waals surface area contributed by atoms with E-state index >= 15 is 0 Å². The second kappa shape index (κ2) is 4.15. The molecule has 0 aliphatic carbocycles. The third-order valence-electron chi connectivity index (χ3n) is 2.12. The number of carbonyl (C=O) groups excluding carboxylic acids is 1. The highest BCUT2D eigenvalue weighted by atomic mass is 19.4. The third kappa shape index (κ3) is 3.03. The fourth-order valence-corrected chi connectivity index (χ4v) is 0.604. The van der Waals surface area contributed by atoms with E-state index in [9.17, 15) is 26.7 Å². The maximum atomic E-state index is 12.5. The van der Waals surface area contributed by atoms with Gasteiger partial charge in [-0.05, 0) is 20.8 Å². The van der Waals surface area contributed by atoms with Crippen LogP contribution in [0.4, 0.5) is 22.0 Å². The van der Waals surface area contributed by atoms with E-state index < -0.39 is 29.6 Å². The van der Waals surface area contributed by atoms with Gasteiger partial charge in [0, 0.05) is 0 Å². The van der Waals surface area contributed by atoms with E-state index in [0.29, 0.717) is 0 Å². The maximum absolute atomic E-state index is 12.5.